The van der Waals surface area contributed by atoms with Crippen LogP contribution in [0.5, 0.6) is 0 Å². The van der Waals surface area contributed by atoms with Crippen LogP contribution >= 0.6 is 11.6 Å². The Hall–Kier alpha value is -2.20. The van der Waals surface area contributed by atoms with E-state index < -0.39 is 5.91 Å². The largest absolute Gasteiger partial charge is 0.396 e. The molecule has 2 rings (SSSR count). The van der Waals surface area contributed by atoms with Gasteiger partial charge in [-0.2, -0.15) is 0 Å². The van der Waals surface area contributed by atoms with Gasteiger partial charge in [-0.25, -0.2) is 0 Å². The number of nitrogens with zero attached hydrogens (tertiary/aromatic N) is 1. The molecule has 0 heterocycles. The van der Waals surface area contributed by atoms with Gasteiger partial charge in [-0.15, -0.1) is 0 Å². The number of benzene rings is 2. The molecule has 5 heteroatoms. The van der Waals surface area contributed by atoms with Gasteiger partial charge in [0.05, 0.1) is 23.0 Å². The van der Waals surface area contributed by atoms with Gasteiger partial charge in [0.25, 0.3) is 5.91 Å². The molecule has 1 unspecified atom stereocenters. The highest BCUT2D eigenvalue weighted by Gasteiger charge is 2.17. The molecule has 110 valence electrons. The van der Waals surface area contributed by atoms with Crippen LogP contribution in [0.15, 0.2) is 42.5 Å². The highest BCUT2D eigenvalue weighted by molar-refractivity contribution is 6.30. The maximum atomic E-state index is 11.4. The molecule has 21 heavy (non-hydrogen) atoms. The van der Waals surface area contributed by atoms with Gasteiger partial charge in [-0.1, -0.05) is 29.8 Å². The standard InChI is InChI=1S/C16H18ClN3O/c1-10(11-5-3-6-12(17)9-11)20(2)14-8-4-7-13(15(14)18)16(19)21/h3-10H,18H2,1-2H3,(H2,19,21). The molecule has 0 saturated carbocycles. The molecule has 1 atom stereocenters. The lowest BCUT2D eigenvalue weighted by Crippen LogP contribution is -2.24. The van der Waals surface area contributed by atoms with Crippen molar-refractivity contribution in [1.82, 2.24) is 0 Å². The first-order valence-electron chi connectivity index (χ1n) is 6.58. The number of primary amides is 1. The van der Waals surface area contributed by atoms with E-state index in [4.69, 9.17) is 23.1 Å². The summed E-state index contributed by atoms with van der Waals surface area (Å²) in [5.41, 5.74) is 13.9. The van der Waals surface area contributed by atoms with E-state index in [0.29, 0.717) is 16.3 Å². The number of carbonyl (C=O) groups is 1. The number of hydrogen-bond donors (Lipinski definition) is 2. The summed E-state index contributed by atoms with van der Waals surface area (Å²) in [6, 6.07) is 13.0. The topological polar surface area (TPSA) is 72.3 Å². The van der Waals surface area contributed by atoms with Crippen molar-refractivity contribution in [2.24, 2.45) is 5.73 Å². The van der Waals surface area contributed by atoms with Gasteiger partial charge >= 0.3 is 0 Å². The van der Waals surface area contributed by atoms with Gasteiger partial charge in [-0.3, -0.25) is 4.79 Å². The Bertz CT molecular complexity index is 672. The van der Waals surface area contributed by atoms with E-state index in [1.54, 1.807) is 12.1 Å². The minimum atomic E-state index is -0.529. The molecular weight excluding hydrogens is 286 g/mol. The second kappa shape index (κ2) is 6.06. The maximum Gasteiger partial charge on any atom is 0.250 e. The van der Waals surface area contributed by atoms with Crippen LogP contribution in [-0.4, -0.2) is 13.0 Å². The third kappa shape index (κ3) is 3.11. The number of nitrogen functional groups attached to an aromatic ring is 1. The Morgan fingerprint density at radius 3 is 2.52 bits per heavy atom. The van der Waals surface area contributed by atoms with Crippen LogP contribution in [0.1, 0.15) is 28.9 Å². The summed E-state index contributed by atoms with van der Waals surface area (Å²) in [5.74, 6) is -0.529. The third-order valence-electron chi connectivity index (χ3n) is 3.64. The molecule has 0 radical (unpaired) electrons. The molecule has 2 aromatic carbocycles. The Morgan fingerprint density at radius 1 is 1.24 bits per heavy atom. The molecule has 0 saturated heterocycles. The zero-order valence-electron chi connectivity index (χ0n) is 12.0. The van der Waals surface area contributed by atoms with E-state index >= 15 is 0 Å². The maximum absolute atomic E-state index is 11.4. The molecule has 2 aromatic rings. The Labute approximate surface area is 129 Å². The van der Waals surface area contributed by atoms with Gasteiger partial charge in [-0.05, 0) is 36.8 Å². The van der Waals surface area contributed by atoms with Crippen molar-refractivity contribution >= 4 is 28.9 Å². The van der Waals surface area contributed by atoms with Crippen LogP contribution in [0.3, 0.4) is 0 Å². The lowest BCUT2D eigenvalue weighted by Gasteiger charge is -2.29. The monoisotopic (exact) mass is 303 g/mol. The predicted octanol–water partition coefficient (Wildman–Crippen LogP) is 3.22. The highest BCUT2D eigenvalue weighted by atomic mass is 35.5. The van der Waals surface area contributed by atoms with Crippen molar-refractivity contribution in [3.05, 3.63) is 58.6 Å². The number of rotatable bonds is 4. The summed E-state index contributed by atoms with van der Waals surface area (Å²) in [5, 5.41) is 0.687. The van der Waals surface area contributed by atoms with Gasteiger partial charge < -0.3 is 16.4 Å². The molecule has 0 bridgehead atoms. The summed E-state index contributed by atoms with van der Waals surface area (Å²) in [4.78, 5) is 13.4. The van der Waals surface area contributed by atoms with Crippen LogP contribution in [0.4, 0.5) is 11.4 Å². The molecule has 0 aliphatic rings. The Balaban J connectivity index is 2.38. The quantitative estimate of drug-likeness (QED) is 0.852. The molecule has 4 nitrogen and oxygen atoms in total. The van der Waals surface area contributed by atoms with Crippen LogP contribution in [0.25, 0.3) is 0 Å². The van der Waals surface area contributed by atoms with Gasteiger partial charge in [0.1, 0.15) is 0 Å². The van der Waals surface area contributed by atoms with E-state index in [2.05, 4.69) is 0 Å². The zero-order chi connectivity index (χ0) is 15.6. The first-order chi connectivity index (χ1) is 9.91. The smallest absolute Gasteiger partial charge is 0.250 e. The number of halogens is 1. The first kappa shape index (κ1) is 15.2. The zero-order valence-corrected chi connectivity index (χ0v) is 12.8. The number of anilines is 2. The fourth-order valence-electron chi connectivity index (χ4n) is 2.27. The molecule has 0 fully saturated rings. The molecule has 0 aliphatic carbocycles. The SMILES string of the molecule is CC(c1cccc(Cl)c1)N(C)c1cccc(C(N)=O)c1N. The summed E-state index contributed by atoms with van der Waals surface area (Å²) in [7, 11) is 1.92. The summed E-state index contributed by atoms with van der Waals surface area (Å²) >= 11 is 6.03. The van der Waals surface area contributed by atoms with Crippen LogP contribution in [0, 0.1) is 0 Å². The van der Waals surface area contributed by atoms with E-state index in [0.717, 1.165) is 11.3 Å². The number of para-hydroxylation sites is 1. The van der Waals surface area contributed by atoms with Crippen molar-refractivity contribution in [1.29, 1.82) is 0 Å². The molecule has 1 amide bonds. The number of nitrogens with two attached hydrogens (primary N) is 2. The highest BCUT2D eigenvalue weighted by Crippen LogP contribution is 2.32. The molecule has 0 aromatic heterocycles. The minimum Gasteiger partial charge on any atom is -0.396 e. The summed E-state index contributed by atoms with van der Waals surface area (Å²) < 4.78 is 0. The van der Waals surface area contributed by atoms with Crippen molar-refractivity contribution in [2.45, 2.75) is 13.0 Å². The van der Waals surface area contributed by atoms with E-state index in [-0.39, 0.29) is 6.04 Å². The van der Waals surface area contributed by atoms with Crippen molar-refractivity contribution in [3.63, 3.8) is 0 Å². The van der Waals surface area contributed by atoms with Crippen molar-refractivity contribution in [2.75, 3.05) is 17.7 Å². The minimum absolute atomic E-state index is 0.0501. The summed E-state index contributed by atoms with van der Waals surface area (Å²) in [6.45, 7) is 2.04. The van der Waals surface area contributed by atoms with E-state index in [9.17, 15) is 4.79 Å². The van der Waals surface area contributed by atoms with Crippen molar-refractivity contribution < 1.29 is 4.79 Å². The van der Waals surface area contributed by atoms with Crippen LogP contribution < -0.4 is 16.4 Å². The molecular formula is C16H18ClN3O. The Kier molecular flexibility index (Phi) is 4.38. The number of amides is 1. The van der Waals surface area contributed by atoms with E-state index in [1.807, 2.05) is 49.2 Å². The lowest BCUT2D eigenvalue weighted by molar-refractivity contribution is 0.100. The predicted molar refractivity (Wildman–Crippen MR) is 87.6 cm³/mol. The average Bonchev–Trinajstić information content (AvgIpc) is 2.45. The van der Waals surface area contributed by atoms with Crippen LogP contribution in [0.2, 0.25) is 5.02 Å². The molecule has 4 N–H and O–H groups in total. The third-order valence-corrected chi connectivity index (χ3v) is 3.88. The summed E-state index contributed by atoms with van der Waals surface area (Å²) in [6.07, 6.45) is 0. The fraction of sp³-hybridized carbons (Fsp3) is 0.188. The second-order valence-corrected chi connectivity index (χ2v) is 5.38. The van der Waals surface area contributed by atoms with Gasteiger partial charge in [0, 0.05) is 12.1 Å². The number of hydrogen-bond acceptors (Lipinski definition) is 3. The first-order valence-corrected chi connectivity index (χ1v) is 6.96. The van der Waals surface area contributed by atoms with E-state index in [1.165, 1.54) is 0 Å². The van der Waals surface area contributed by atoms with Crippen molar-refractivity contribution in [3.8, 4) is 0 Å². The number of carbonyl (C=O) groups excluding carboxylic acids is 1. The lowest BCUT2D eigenvalue weighted by atomic mass is 10.0. The van der Waals surface area contributed by atoms with Crippen LogP contribution in [-0.2, 0) is 0 Å². The van der Waals surface area contributed by atoms with Gasteiger partial charge in [0.2, 0.25) is 0 Å². The van der Waals surface area contributed by atoms with Gasteiger partial charge in [0.15, 0.2) is 0 Å². The second-order valence-electron chi connectivity index (χ2n) is 4.94. The average molecular weight is 304 g/mol. The molecule has 0 spiro atoms. The normalized spacial score (nSPS) is 12.0. The Morgan fingerprint density at radius 2 is 1.90 bits per heavy atom. The molecule has 0 aliphatic heterocycles. The fourth-order valence-corrected chi connectivity index (χ4v) is 2.47.